The minimum atomic E-state index is -0.595. The Bertz CT molecular complexity index is 1700. The molecule has 9 heteroatoms. The lowest BCUT2D eigenvalue weighted by atomic mass is 9.80. The van der Waals surface area contributed by atoms with Crippen LogP contribution in [0.3, 0.4) is 0 Å². The van der Waals surface area contributed by atoms with Crippen LogP contribution in [-0.2, 0) is 17.6 Å². The predicted molar refractivity (Wildman–Crippen MR) is 200 cm³/mol. The van der Waals surface area contributed by atoms with Crippen LogP contribution in [0.15, 0.2) is 48.5 Å². The summed E-state index contributed by atoms with van der Waals surface area (Å²) in [5, 5.41) is 0. The molecule has 0 aliphatic rings. The Morgan fingerprint density at radius 3 is 1.15 bits per heavy atom. The van der Waals surface area contributed by atoms with Gasteiger partial charge in [-0.25, -0.2) is 8.78 Å². The number of ether oxygens (including phenoxy) is 6. The molecule has 0 aromatic heterocycles. The first-order valence-corrected chi connectivity index (χ1v) is 17.7. The van der Waals surface area contributed by atoms with Crippen molar-refractivity contribution >= 4 is 5.78 Å². The summed E-state index contributed by atoms with van der Waals surface area (Å²) < 4.78 is 63.0. The second kappa shape index (κ2) is 18.1. The largest absolute Gasteiger partial charge is 0.492 e. The van der Waals surface area contributed by atoms with Crippen LogP contribution < -0.4 is 28.4 Å². The van der Waals surface area contributed by atoms with Gasteiger partial charge < -0.3 is 28.4 Å². The van der Waals surface area contributed by atoms with Crippen LogP contribution >= 0.6 is 0 Å². The molecule has 0 heterocycles. The molecule has 4 aromatic rings. The summed E-state index contributed by atoms with van der Waals surface area (Å²) in [6, 6.07) is 12.9. The number of carbonyl (C=O) groups is 1. The van der Waals surface area contributed by atoms with Crippen molar-refractivity contribution in [2.24, 2.45) is 0 Å². The first kappa shape index (κ1) is 40.0. The van der Waals surface area contributed by atoms with Crippen LogP contribution in [0.4, 0.5) is 8.78 Å². The highest BCUT2D eigenvalue weighted by molar-refractivity contribution is 5.94. The molecule has 0 aliphatic carbocycles. The second-order valence-corrected chi connectivity index (χ2v) is 13.1. The van der Waals surface area contributed by atoms with Crippen molar-refractivity contribution in [3.8, 4) is 34.5 Å². The molecule has 0 radical (unpaired) electrons. The highest BCUT2D eigenvalue weighted by atomic mass is 19.1. The van der Waals surface area contributed by atoms with Gasteiger partial charge in [0.05, 0.1) is 41.7 Å². The molecule has 0 N–H and O–H groups in total. The molecule has 0 aliphatic heterocycles. The van der Waals surface area contributed by atoms with E-state index in [1.54, 1.807) is 52.7 Å². The zero-order valence-electron chi connectivity index (χ0n) is 32.1. The fraction of sp³-hybridized carbons (Fsp3) is 0.419. The quantitative estimate of drug-likeness (QED) is 0.0949. The van der Waals surface area contributed by atoms with Crippen LogP contribution in [0, 0.1) is 39.3 Å². The van der Waals surface area contributed by atoms with E-state index in [4.69, 9.17) is 28.4 Å². The monoisotopic (exact) mass is 718 g/mol. The molecule has 7 nitrogen and oxygen atoms in total. The van der Waals surface area contributed by atoms with Crippen molar-refractivity contribution in [1.82, 2.24) is 0 Å². The van der Waals surface area contributed by atoms with E-state index in [1.807, 2.05) is 41.5 Å². The minimum absolute atomic E-state index is 0.0403. The maximum atomic E-state index is 14.6. The summed E-state index contributed by atoms with van der Waals surface area (Å²) in [5.41, 5.74) is 6.93. The molecule has 0 amide bonds. The number of benzene rings is 4. The van der Waals surface area contributed by atoms with Gasteiger partial charge in [0.2, 0.25) is 11.5 Å². The lowest BCUT2D eigenvalue weighted by Gasteiger charge is -2.28. The van der Waals surface area contributed by atoms with Crippen molar-refractivity contribution in [3.63, 3.8) is 0 Å². The summed E-state index contributed by atoms with van der Waals surface area (Å²) in [4.78, 5) is 14.6. The van der Waals surface area contributed by atoms with Crippen LogP contribution in [0.1, 0.15) is 83.0 Å². The van der Waals surface area contributed by atoms with Gasteiger partial charge in [-0.3, -0.25) is 4.79 Å². The van der Waals surface area contributed by atoms with Gasteiger partial charge in [-0.05, 0) is 111 Å². The molecule has 0 saturated carbocycles. The SMILES string of the molecule is COc1c(C)c(C)c(C(C)C(=O)C(C)c2c(C)c(C)c(OC)c(OCCCc3ccc(F)cc3)c2OC)c(OC)c1OCCCc1ccc(F)cc1. The first-order chi connectivity index (χ1) is 24.9. The minimum Gasteiger partial charge on any atom is -0.492 e. The summed E-state index contributed by atoms with van der Waals surface area (Å²) in [5.74, 6) is 1.13. The summed E-state index contributed by atoms with van der Waals surface area (Å²) >= 11 is 0. The molecular weight excluding hydrogens is 666 g/mol. The third kappa shape index (κ3) is 8.63. The lowest BCUT2D eigenvalue weighted by Crippen LogP contribution is -2.21. The molecular formula is C43H52F2O7. The third-order valence-corrected chi connectivity index (χ3v) is 10.0. The molecule has 2 unspecified atom stereocenters. The molecule has 52 heavy (non-hydrogen) atoms. The number of Topliss-reactive ketones (excluding diaryl/α,β-unsaturated/α-hetero) is 1. The van der Waals surface area contributed by atoms with Gasteiger partial charge in [0.1, 0.15) is 17.4 Å². The van der Waals surface area contributed by atoms with Crippen LogP contribution in [0.5, 0.6) is 34.5 Å². The highest BCUT2D eigenvalue weighted by Crippen LogP contribution is 2.51. The van der Waals surface area contributed by atoms with E-state index < -0.39 is 11.8 Å². The normalized spacial score (nSPS) is 12.2. The maximum absolute atomic E-state index is 14.6. The van der Waals surface area contributed by atoms with E-state index in [0.717, 1.165) is 44.5 Å². The molecule has 4 aromatic carbocycles. The number of methoxy groups -OCH3 is 4. The van der Waals surface area contributed by atoms with Gasteiger partial charge in [-0.2, -0.15) is 0 Å². The molecule has 2 atom stereocenters. The average molecular weight is 719 g/mol. The van der Waals surface area contributed by atoms with Gasteiger partial charge in [-0.1, -0.05) is 38.1 Å². The van der Waals surface area contributed by atoms with E-state index in [-0.39, 0.29) is 17.4 Å². The Morgan fingerprint density at radius 1 is 0.519 bits per heavy atom. The number of hydrogen-bond acceptors (Lipinski definition) is 7. The number of carbonyl (C=O) groups excluding carboxylic acids is 1. The Hall–Kier alpha value is -4.79. The number of aryl methyl sites for hydroxylation is 2. The van der Waals surface area contributed by atoms with E-state index in [2.05, 4.69) is 0 Å². The predicted octanol–water partition coefficient (Wildman–Crippen LogP) is 9.73. The Balaban J connectivity index is 1.64. The third-order valence-electron chi connectivity index (χ3n) is 10.0. The molecule has 280 valence electrons. The summed E-state index contributed by atoms with van der Waals surface area (Å²) in [6.07, 6.45) is 2.77. The van der Waals surface area contributed by atoms with E-state index in [1.165, 1.54) is 24.3 Å². The smallest absolute Gasteiger partial charge is 0.204 e. The molecule has 0 fully saturated rings. The second-order valence-electron chi connectivity index (χ2n) is 13.1. The fourth-order valence-electron chi connectivity index (χ4n) is 6.94. The number of rotatable bonds is 18. The van der Waals surface area contributed by atoms with Gasteiger partial charge in [0.25, 0.3) is 0 Å². The van der Waals surface area contributed by atoms with Crippen LogP contribution in [0.25, 0.3) is 0 Å². The van der Waals surface area contributed by atoms with Crippen molar-refractivity contribution < 1.29 is 42.0 Å². The zero-order chi connectivity index (χ0) is 38.1. The topological polar surface area (TPSA) is 72.5 Å². The van der Waals surface area contributed by atoms with Gasteiger partial charge >= 0.3 is 0 Å². The van der Waals surface area contributed by atoms with Gasteiger partial charge in [0.15, 0.2) is 23.0 Å². The number of ketones is 1. The molecule has 0 bridgehead atoms. The van der Waals surface area contributed by atoms with Crippen LogP contribution in [-0.4, -0.2) is 47.4 Å². The first-order valence-electron chi connectivity index (χ1n) is 17.7. The van der Waals surface area contributed by atoms with Crippen molar-refractivity contribution in [2.45, 2.75) is 79.1 Å². The number of halogens is 2. The Labute approximate surface area is 307 Å². The van der Waals surface area contributed by atoms with Crippen molar-refractivity contribution in [3.05, 3.63) is 105 Å². The summed E-state index contributed by atoms with van der Waals surface area (Å²) in [6.45, 7) is 12.3. The van der Waals surface area contributed by atoms with E-state index in [0.29, 0.717) is 73.4 Å². The lowest BCUT2D eigenvalue weighted by molar-refractivity contribution is -0.121. The van der Waals surface area contributed by atoms with Crippen molar-refractivity contribution in [2.75, 3.05) is 41.7 Å². The van der Waals surface area contributed by atoms with Crippen molar-refractivity contribution in [1.29, 1.82) is 0 Å². The standard InChI is InChI=1S/C43H52F2O7/c1-25-27(3)38(47-7)42(51-23-11-13-31-15-19-33(44)20-16-31)40(49-9)35(25)29(5)37(46)30(6)36-26(2)28(4)39(48-8)43(41(36)50-10)52-24-12-14-32-17-21-34(45)22-18-32/h15-22,29-30H,11-14,23-24H2,1-10H3. The Kier molecular flexibility index (Phi) is 13.9. The average Bonchev–Trinajstić information content (AvgIpc) is 3.14. The van der Waals surface area contributed by atoms with E-state index >= 15 is 0 Å². The number of hydrogen-bond donors (Lipinski definition) is 0. The molecule has 4 rings (SSSR count). The molecule has 0 spiro atoms. The van der Waals surface area contributed by atoms with Crippen LogP contribution in [0.2, 0.25) is 0 Å². The van der Waals surface area contributed by atoms with Gasteiger partial charge in [-0.15, -0.1) is 0 Å². The van der Waals surface area contributed by atoms with Gasteiger partial charge in [0, 0.05) is 23.0 Å². The van der Waals surface area contributed by atoms with E-state index in [9.17, 15) is 13.6 Å². The fourth-order valence-corrected chi connectivity index (χ4v) is 6.94. The Morgan fingerprint density at radius 2 is 0.846 bits per heavy atom. The summed E-state index contributed by atoms with van der Waals surface area (Å²) in [7, 11) is 6.32. The zero-order valence-corrected chi connectivity index (χ0v) is 32.1. The highest BCUT2D eigenvalue weighted by Gasteiger charge is 2.35. The molecule has 0 saturated heterocycles. The maximum Gasteiger partial charge on any atom is 0.204 e.